The molecule has 152 valence electrons. The number of benzene rings is 3. The van der Waals surface area contributed by atoms with E-state index in [0.29, 0.717) is 18.5 Å². The second kappa shape index (κ2) is 9.20. The average Bonchev–Trinajstić information content (AvgIpc) is 2.66. The Morgan fingerprint density at radius 3 is 2.17 bits per heavy atom. The van der Waals surface area contributed by atoms with Crippen LogP contribution in [0.2, 0.25) is 0 Å². The first kappa shape index (κ1) is 21.0. The molecule has 0 fully saturated rings. The van der Waals surface area contributed by atoms with E-state index in [1.54, 1.807) is 26.0 Å². The quantitative estimate of drug-likeness (QED) is 0.597. The van der Waals surface area contributed by atoms with E-state index in [2.05, 4.69) is 10.0 Å². The number of carbonyl (C=O) groups excluding carboxylic acids is 1. The molecule has 5 nitrogen and oxygen atoms in total. The molecule has 0 aliphatic heterocycles. The standard InChI is InChI=1S/C23H26N2O3S/c1-17(2)25-29(27,28)16-19-9-7-18(8-10-19)15-24-23(26)14-20-11-12-21-5-3-4-6-22(21)13-20/h3-13,17,25H,14-16H2,1-2H3,(H,24,26). The minimum absolute atomic E-state index is 0.0481. The van der Waals surface area contributed by atoms with Crippen molar-refractivity contribution in [1.82, 2.24) is 10.0 Å². The summed E-state index contributed by atoms with van der Waals surface area (Å²) in [5, 5.41) is 5.20. The Kier molecular flexibility index (Phi) is 6.67. The van der Waals surface area contributed by atoms with Gasteiger partial charge < -0.3 is 5.32 Å². The molecule has 29 heavy (non-hydrogen) atoms. The second-order valence-corrected chi connectivity index (χ2v) is 9.24. The van der Waals surface area contributed by atoms with E-state index in [9.17, 15) is 13.2 Å². The third kappa shape index (κ3) is 6.41. The zero-order valence-electron chi connectivity index (χ0n) is 16.7. The van der Waals surface area contributed by atoms with Crippen molar-refractivity contribution in [3.05, 3.63) is 83.4 Å². The van der Waals surface area contributed by atoms with Gasteiger partial charge in [0.1, 0.15) is 0 Å². The summed E-state index contributed by atoms with van der Waals surface area (Å²) < 4.78 is 26.6. The average molecular weight is 411 g/mol. The van der Waals surface area contributed by atoms with Crippen molar-refractivity contribution in [3.8, 4) is 0 Å². The van der Waals surface area contributed by atoms with Crippen LogP contribution in [-0.2, 0) is 33.5 Å². The van der Waals surface area contributed by atoms with Crippen molar-refractivity contribution in [2.75, 3.05) is 0 Å². The van der Waals surface area contributed by atoms with Crippen LogP contribution in [0.3, 0.4) is 0 Å². The van der Waals surface area contributed by atoms with Crippen LogP contribution in [0, 0.1) is 0 Å². The second-order valence-electron chi connectivity index (χ2n) is 7.48. The summed E-state index contributed by atoms with van der Waals surface area (Å²) in [6.45, 7) is 3.99. The Hall–Kier alpha value is -2.70. The Labute approximate surface area is 172 Å². The largest absolute Gasteiger partial charge is 0.352 e. The lowest BCUT2D eigenvalue weighted by Gasteiger charge is -2.10. The number of fused-ring (bicyclic) bond motifs is 1. The number of carbonyl (C=O) groups is 1. The molecule has 0 heterocycles. The summed E-state index contributed by atoms with van der Waals surface area (Å²) in [4.78, 5) is 12.3. The first-order valence-corrected chi connectivity index (χ1v) is 11.3. The number of hydrogen-bond acceptors (Lipinski definition) is 3. The molecule has 0 saturated heterocycles. The van der Waals surface area contributed by atoms with Gasteiger partial charge in [0.2, 0.25) is 15.9 Å². The highest BCUT2D eigenvalue weighted by Crippen LogP contribution is 2.16. The van der Waals surface area contributed by atoms with Crippen LogP contribution in [0.5, 0.6) is 0 Å². The number of hydrogen-bond donors (Lipinski definition) is 2. The molecule has 0 aliphatic rings. The normalized spacial score (nSPS) is 11.7. The van der Waals surface area contributed by atoms with Crippen molar-refractivity contribution >= 4 is 26.7 Å². The lowest BCUT2D eigenvalue weighted by molar-refractivity contribution is -0.120. The van der Waals surface area contributed by atoms with Gasteiger partial charge >= 0.3 is 0 Å². The van der Waals surface area contributed by atoms with E-state index in [0.717, 1.165) is 21.9 Å². The molecule has 3 aromatic rings. The minimum Gasteiger partial charge on any atom is -0.352 e. The van der Waals surface area contributed by atoms with Crippen molar-refractivity contribution < 1.29 is 13.2 Å². The predicted molar refractivity (Wildman–Crippen MR) is 117 cm³/mol. The SMILES string of the molecule is CC(C)NS(=O)(=O)Cc1ccc(CNC(=O)Cc2ccc3ccccc3c2)cc1. The van der Waals surface area contributed by atoms with Crippen LogP contribution in [0.1, 0.15) is 30.5 Å². The number of nitrogens with one attached hydrogen (secondary N) is 2. The Bertz CT molecular complexity index is 1090. The van der Waals surface area contributed by atoms with E-state index < -0.39 is 10.0 Å². The van der Waals surface area contributed by atoms with E-state index in [-0.39, 0.29) is 17.7 Å². The van der Waals surface area contributed by atoms with Gasteiger partial charge in [-0.1, -0.05) is 66.7 Å². The van der Waals surface area contributed by atoms with Crippen LogP contribution in [0.4, 0.5) is 0 Å². The zero-order valence-corrected chi connectivity index (χ0v) is 17.5. The molecule has 2 N–H and O–H groups in total. The van der Waals surface area contributed by atoms with Gasteiger partial charge in [-0.05, 0) is 41.3 Å². The van der Waals surface area contributed by atoms with Crippen LogP contribution in [0.25, 0.3) is 10.8 Å². The van der Waals surface area contributed by atoms with Crippen LogP contribution in [-0.4, -0.2) is 20.4 Å². The molecular weight excluding hydrogens is 384 g/mol. The van der Waals surface area contributed by atoms with Gasteiger partial charge in [0.25, 0.3) is 0 Å². The predicted octanol–water partition coefficient (Wildman–Crippen LogP) is 3.53. The smallest absolute Gasteiger partial charge is 0.224 e. The lowest BCUT2D eigenvalue weighted by atomic mass is 10.0. The van der Waals surface area contributed by atoms with E-state index in [1.807, 2.05) is 54.6 Å². The molecule has 0 aromatic heterocycles. The van der Waals surface area contributed by atoms with Gasteiger partial charge in [-0.25, -0.2) is 13.1 Å². The third-order valence-electron chi connectivity index (χ3n) is 4.46. The number of amides is 1. The molecule has 0 saturated carbocycles. The maximum absolute atomic E-state index is 12.3. The fraction of sp³-hybridized carbons (Fsp3) is 0.261. The van der Waals surface area contributed by atoms with Crippen LogP contribution < -0.4 is 10.0 Å². The monoisotopic (exact) mass is 410 g/mol. The highest BCUT2D eigenvalue weighted by atomic mass is 32.2. The van der Waals surface area contributed by atoms with Crippen molar-refractivity contribution in [2.24, 2.45) is 0 Å². The van der Waals surface area contributed by atoms with Gasteiger partial charge in [0.15, 0.2) is 0 Å². The molecule has 0 bridgehead atoms. The van der Waals surface area contributed by atoms with Gasteiger partial charge in [-0.15, -0.1) is 0 Å². The topological polar surface area (TPSA) is 75.3 Å². The van der Waals surface area contributed by atoms with Gasteiger partial charge in [-0.2, -0.15) is 0 Å². The molecule has 0 radical (unpaired) electrons. The summed E-state index contributed by atoms with van der Waals surface area (Å²) in [5.74, 6) is -0.104. The summed E-state index contributed by atoms with van der Waals surface area (Å²) in [7, 11) is -3.34. The number of rotatable bonds is 8. The Morgan fingerprint density at radius 1 is 0.862 bits per heavy atom. The first-order chi connectivity index (χ1) is 13.8. The van der Waals surface area contributed by atoms with Gasteiger partial charge in [-0.3, -0.25) is 4.79 Å². The van der Waals surface area contributed by atoms with Crippen LogP contribution in [0.15, 0.2) is 66.7 Å². The maximum Gasteiger partial charge on any atom is 0.224 e. The van der Waals surface area contributed by atoms with E-state index in [4.69, 9.17) is 0 Å². The molecule has 0 spiro atoms. The highest BCUT2D eigenvalue weighted by molar-refractivity contribution is 7.88. The Balaban J connectivity index is 1.53. The molecule has 6 heteroatoms. The molecule has 3 aromatic carbocycles. The summed E-state index contributed by atoms with van der Waals surface area (Å²) >= 11 is 0. The fourth-order valence-electron chi connectivity index (χ4n) is 3.17. The minimum atomic E-state index is -3.34. The molecule has 1 amide bonds. The van der Waals surface area contributed by atoms with Gasteiger partial charge in [0.05, 0.1) is 12.2 Å². The van der Waals surface area contributed by atoms with Crippen LogP contribution >= 0.6 is 0 Å². The van der Waals surface area contributed by atoms with Crippen molar-refractivity contribution in [3.63, 3.8) is 0 Å². The number of sulfonamides is 1. The van der Waals surface area contributed by atoms with E-state index >= 15 is 0 Å². The summed E-state index contributed by atoms with van der Waals surface area (Å²) in [6.07, 6.45) is 0.321. The van der Waals surface area contributed by atoms with Crippen molar-refractivity contribution in [1.29, 1.82) is 0 Å². The lowest BCUT2D eigenvalue weighted by Crippen LogP contribution is -2.31. The summed E-state index contributed by atoms with van der Waals surface area (Å²) in [5.41, 5.74) is 2.61. The third-order valence-corrected chi connectivity index (χ3v) is 6.01. The van der Waals surface area contributed by atoms with Gasteiger partial charge in [0, 0.05) is 12.6 Å². The molecular formula is C23H26N2O3S. The Morgan fingerprint density at radius 2 is 1.48 bits per heavy atom. The molecule has 0 unspecified atom stereocenters. The van der Waals surface area contributed by atoms with Crippen molar-refractivity contribution in [2.45, 2.75) is 38.6 Å². The highest BCUT2D eigenvalue weighted by Gasteiger charge is 2.13. The first-order valence-electron chi connectivity index (χ1n) is 9.63. The molecule has 3 rings (SSSR count). The fourth-order valence-corrected chi connectivity index (χ4v) is 4.60. The maximum atomic E-state index is 12.3. The molecule has 0 aliphatic carbocycles. The summed E-state index contributed by atoms with van der Waals surface area (Å²) in [6, 6.07) is 21.2. The molecule has 0 atom stereocenters. The zero-order chi connectivity index (χ0) is 20.9. The van der Waals surface area contributed by atoms with E-state index in [1.165, 1.54) is 0 Å².